The average Bonchev–Trinajstić information content (AvgIpc) is 3.60. The molecule has 0 aliphatic carbocycles. The zero-order valence-corrected chi connectivity index (χ0v) is 24.4. The third-order valence-electron chi connectivity index (χ3n) is 5.63. The van der Waals surface area contributed by atoms with Gasteiger partial charge >= 0.3 is 29.6 Å². The number of piperidine rings is 1. The molecule has 0 unspecified atom stereocenters. The maximum Gasteiger partial charge on any atom is 1.00 e. The van der Waals surface area contributed by atoms with Crippen LogP contribution in [-0.2, 0) is 11.3 Å². The van der Waals surface area contributed by atoms with Crippen molar-refractivity contribution in [2.45, 2.75) is 32.0 Å². The fourth-order valence-corrected chi connectivity index (χ4v) is 5.13. The van der Waals surface area contributed by atoms with Crippen LogP contribution in [0.15, 0.2) is 16.9 Å². The Kier molecular flexibility index (Phi) is 10.0. The van der Waals surface area contributed by atoms with E-state index in [1.807, 2.05) is 0 Å². The quantitative estimate of drug-likeness (QED) is 0.267. The molecule has 3 aromatic heterocycles. The first-order chi connectivity index (χ1) is 17.2. The summed E-state index contributed by atoms with van der Waals surface area (Å²) in [6, 6.07) is -0.360. The second-order valence-electron chi connectivity index (χ2n) is 7.91. The molecule has 12 nitrogen and oxygen atoms in total. The number of hydrogen-bond acceptors (Lipinski definition) is 10. The van der Waals surface area contributed by atoms with Crippen LogP contribution in [0.3, 0.4) is 0 Å². The van der Waals surface area contributed by atoms with Gasteiger partial charge in [0.2, 0.25) is 5.89 Å². The number of hydrogen-bond donors (Lipinski definition) is 3. The number of aromatic carboxylic acids is 1. The van der Waals surface area contributed by atoms with Crippen LogP contribution < -0.4 is 50.2 Å². The molecule has 0 aromatic carbocycles. The van der Waals surface area contributed by atoms with Crippen molar-refractivity contribution in [1.82, 2.24) is 25.6 Å². The van der Waals surface area contributed by atoms with Crippen LogP contribution in [0.4, 0.5) is 5.13 Å². The van der Waals surface area contributed by atoms with Crippen LogP contribution in [0, 0.1) is 6.92 Å². The molecular weight excluding hydrogens is 558 g/mol. The number of aryl methyl sites for hydroxylation is 1. The number of ether oxygens (including phenoxy) is 1. The molecule has 4 heterocycles. The SMILES string of the molecule is CO[C@H]1CN(c2nc(C(=O)NCc3ncco3)c(C(=O)[O-])s2)CC[C@H]1NC(=O)c1[nH]c(C)c(Cl)c1Cl.[Na+]. The van der Waals surface area contributed by atoms with Crippen molar-refractivity contribution < 1.29 is 58.2 Å². The summed E-state index contributed by atoms with van der Waals surface area (Å²) in [5.41, 5.74) is 0.479. The van der Waals surface area contributed by atoms with Crippen molar-refractivity contribution in [2.24, 2.45) is 0 Å². The summed E-state index contributed by atoms with van der Waals surface area (Å²) in [6.45, 7) is 2.38. The number of carboxylic acid groups (broad SMARTS) is 1. The minimum Gasteiger partial charge on any atom is -0.544 e. The number of carbonyl (C=O) groups is 3. The van der Waals surface area contributed by atoms with Crippen molar-refractivity contribution >= 4 is 57.5 Å². The molecule has 2 amide bonds. The Balaban J connectivity index is 0.00000380. The van der Waals surface area contributed by atoms with E-state index in [4.69, 9.17) is 32.4 Å². The minimum absolute atomic E-state index is 0. The number of amides is 2. The van der Waals surface area contributed by atoms with E-state index in [0.717, 1.165) is 11.3 Å². The first kappa shape index (κ1) is 29.4. The number of halogens is 2. The number of H-pyrrole nitrogens is 1. The average molecular weight is 579 g/mol. The number of rotatable bonds is 8. The number of nitrogens with zero attached hydrogens (tertiary/aromatic N) is 3. The number of methoxy groups -OCH3 is 1. The third-order valence-corrected chi connectivity index (χ3v) is 7.67. The van der Waals surface area contributed by atoms with Gasteiger partial charge in [-0.25, -0.2) is 9.97 Å². The van der Waals surface area contributed by atoms with Gasteiger partial charge in [0.1, 0.15) is 12.0 Å². The van der Waals surface area contributed by atoms with E-state index in [2.05, 4.69) is 25.6 Å². The molecular formula is C21H21Cl2N6NaO6S. The Morgan fingerprint density at radius 2 is 2.08 bits per heavy atom. The molecule has 0 bridgehead atoms. The molecule has 1 saturated heterocycles. The second-order valence-corrected chi connectivity index (χ2v) is 9.65. The minimum atomic E-state index is -1.51. The van der Waals surface area contributed by atoms with Gasteiger partial charge in [-0.05, 0) is 13.3 Å². The first-order valence-electron chi connectivity index (χ1n) is 10.7. The van der Waals surface area contributed by atoms with E-state index in [1.54, 1.807) is 11.8 Å². The predicted molar refractivity (Wildman–Crippen MR) is 129 cm³/mol. The Hall–Kier alpha value is -2.13. The van der Waals surface area contributed by atoms with E-state index in [9.17, 15) is 19.5 Å². The van der Waals surface area contributed by atoms with Crippen LogP contribution in [-0.4, -0.2) is 65.1 Å². The van der Waals surface area contributed by atoms with E-state index in [0.29, 0.717) is 23.8 Å². The molecule has 0 saturated carbocycles. The fraction of sp³-hybridized carbons (Fsp3) is 0.381. The maximum absolute atomic E-state index is 12.8. The van der Waals surface area contributed by atoms with Gasteiger partial charge in [-0.1, -0.05) is 34.5 Å². The Morgan fingerprint density at radius 1 is 1.32 bits per heavy atom. The smallest absolute Gasteiger partial charge is 0.544 e. The van der Waals surface area contributed by atoms with Gasteiger partial charge in [-0.2, -0.15) is 0 Å². The second kappa shape index (κ2) is 12.6. The molecule has 4 rings (SSSR count). The van der Waals surface area contributed by atoms with E-state index in [-0.39, 0.29) is 80.9 Å². The normalized spacial score (nSPS) is 17.2. The number of anilines is 1. The summed E-state index contributed by atoms with van der Waals surface area (Å²) < 4.78 is 10.7. The Bertz CT molecular complexity index is 1280. The number of aromatic nitrogens is 3. The summed E-state index contributed by atoms with van der Waals surface area (Å²) in [6.07, 6.45) is 2.79. The molecule has 37 heavy (non-hydrogen) atoms. The van der Waals surface area contributed by atoms with Crippen LogP contribution in [0.25, 0.3) is 0 Å². The van der Waals surface area contributed by atoms with Gasteiger partial charge in [-0.3, -0.25) is 9.59 Å². The zero-order chi connectivity index (χ0) is 26.0. The van der Waals surface area contributed by atoms with E-state index >= 15 is 0 Å². The predicted octanol–water partition coefficient (Wildman–Crippen LogP) is -1.60. The van der Waals surface area contributed by atoms with Crippen molar-refractivity contribution in [2.75, 3.05) is 25.1 Å². The van der Waals surface area contributed by atoms with Gasteiger partial charge in [-0.15, -0.1) is 0 Å². The van der Waals surface area contributed by atoms with Crippen molar-refractivity contribution in [3.63, 3.8) is 0 Å². The molecule has 1 fully saturated rings. The number of nitrogens with one attached hydrogen (secondary N) is 3. The molecule has 1 aliphatic heterocycles. The monoisotopic (exact) mass is 578 g/mol. The third kappa shape index (κ3) is 6.48. The molecule has 0 radical (unpaired) electrons. The number of carboxylic acids is 1. The maximum atomic E-state index is 12.8. The van der Waals surface area contributed by atoms with Crippen molar-refractivity contribution in [1.29, 1.82) is 0 Å². The Morgan fingerprint density at radius 3 is 2.68 bits per heavy atom. The molecule has 1 aliphatic rings. The molecule has 3 aromatic rings. The van der Waals surface area contributed by atoms with E-state index in [1.165, 1.54) is 19.6 Å². The largest absolute Gasteiger partial charge is 1.00 e. The summed E-state index contributed by atoms with van der Waals surface area (Å²) >= 11 is 13.1. The topological polar surface area (TPSA) is 166 Å². The van der Waals surface area contributed by atoms with E-state index < -0.39 is 23.9 Å². The summed E-state index contributed by atoms with van der Waals surface area (Å²) in [4.78, 5) is 49.6. The Labute approximate surface area is 247 Å². The summed E-state index contributed by atoms with van der Waals surface area (Å²) in [5.74, 6) is -2.37. The standard InChI is InChI=1S/C21H22Cl2N6O6S.Na/c1-9-13(22)14(23)15(26-9)19(31)27-10-3-5-29(8-11(10)34-2)21-28-16(17(36-21)20(32)33)18(30)25-7-12-24-4-6-35-12;/h4,6,10-11,26H,3,5,7-8H2,1-2H3,(H,25,30)(H,27,31)(H,32,33);/q;+1/p-1/t10-,11+;/m1./s1. The van der Waals surface area contributed by atoms with Gasteiger partial charge in [0.05, 0.1) is 45.8 Å². The van der Waals surface area contributed by atoms with Gasteiger partial charge < -0.3 is 39.6 Å². The van der Waals surface area contributed by atoms with Gasteiger partial charge in [0, 0.05) is 25.9 Å². The number of aromatic amines is 1. The van der Waals surface area contributed by atoms with Crippen LogP contribution >= 0.6 is 34.5 Å². The number of carbonyl (C=O) groups excluding carboxylic acids is 3. The number of oxazole rings is 1. The summed E-state index contributed by atoms with van der Waals surface area (Å²) in [7, 11) is 1.51. The van der Waals surface area contributed by atoms with Gasteiger partial charge in [0.25, 0.3) is 11.8 Å². The molecule has 16 heteroatoms. The molecule has 3 N–H and O–H groups in total. The zero-order valence-electron chi connectivity index (χ0n) is 20.1. The molecule has 2 atom stereocenters. The van der Waals surface area contributed by atoms with Crippen molar-refractivity contribution in [3.05, 3.63) is 50.4 Å². The molecule has 192 valence electrons. The summed E-state index contributed by atoms with van der Waals surface area (Å²) in [5, 5.41) is 17.9. The van der Waals surface area contributed by atoms with Crippen LogP contribution in [0.2, 0.25) is 10.0 Å². The van der Waals surface area contributed by atoms with Crippen LogP contribution in [0.1, 0.15) is 48.7 Å². The fourth-order valence-electron chi connectivity index (χ4n) is 3.78. The van der Waals surface area contributed by atoms with Gasteiger partial charge in [0.15, 0.2) is 10.8 Å². The first-order valence-corrected chi connectivity index (χ1v) is 12.3. The molecule has 0 spiro atoms. The van der Waals surface area contributed by atoms with Crippen molar-refractivity contribution in [3.8, 4) is 0 Å². The number of thiazole rings is 1. The van der Waals surface area contributed by atoms with Crippen LogP contribution in [0.5, 0.6) is 0 Å².